The van der Waals surface area contributed by atoms with E-state index in [4.69, 9.17) is 4.74 Å². The zero-order valence-corrected chi connectivity index (χ0v) is 21.3. The van der Waals surface area contributed by atoms with E-state index in [0.29, 0.717) is 18.0 Å². The molecule has 1 fully saturated rings. The van der Waals surface area contributed by atoms with Crippen LogP contribution < -0.4 is 10.6 Å². The van der Waals surface area contributed by atoms with E-state index >= 15 is 0 Å². The number of guanidine groups is 1. The molecule has 2 unspecified atom stereocenters. The molecule has 2 atom stereocenters. The van der Waals surface area contributed by atoms with E-state index in [1.54, 1.807) is 0 Å². The van der Waals surface area contributed by atoms with Gasteiger partial charge in [0.25, 0.3) is 0 Å². The third-order valence-electron chi connectivity index (χ3n) is 5.53. The fraction of sp³-hybridized carbons (Fsp3) is 0.682. The van der Waals surface area contributed by atoms with Gasteiger partial charge in [-0.15, -0.1) is 24.0 Å². The Morgan fingerprint density at radius 1 is 1.10 bits per heavy atom. The summed E-state index contributed by atoms with van der Waals surface area (Å²) in [6, 6.07) is 9.54. The zero-order chi connectivity index (χ0) is 20.5. The number of rotatable bonds is 8. The topological polar surface area (TPSA) is 52.1 Å². The van der Waals surface area contributed by atoms with Gasteiger partial charge in [0.1, 0.15) is 0 Å². The minimum absolute atomic E-state index is 0. The van der Waals surface area contributed by atoms with Crippen LogP contribution in [-0.4, -0.2) is 82.3 Å². The van der Waals surface area contributed by atoms with Gasteiger partial charge in [0, 0.05) is 39.3 Å². The fourth-order valence-corrected chi connectivity index (χ4v) is 3.70. The SMILES string of the molecule is CN=C(NCC(c1ccc(C)cc1)N(C)C)NCC(C(C)C)N1CCOCC1.I. The third-order valence-corrected chi connectivity index (χ3v) is 5.53. The number of hydrogen-bond acceptors (Lipinski definition) is 4. The molecule has 29 heavy (non-hydrogen) atoms. The molecular weight excluding hydrogens is 477 g/mol. The van der Waals surface area contributed by atoms with Crippen molar-refractivity contribution in [3.63, 3.8) is 0 Å². The largest absolute Gasteiger partial charge is 0.379 e. The number of nitrogens with one attached hydrogen (secondary N) is 2. The van der Waals surface area contributed by atoms with E-state index in [9.17, 15) is 0 Å². The Hall–Kier alpha value is -0.900. The van der Waals surface area contributed by atoms with Crippen molar-refractivity contribution in [1.29, 1.82) is 0 Å². The second-order valence-electron chi connectivity index (χ2n) is 8.18. The Bertz CT molecular complexity index is 600. The van der Waals surface area contributed by atoms with Gasteiger partial charge in [-0.25, -0.2) is 0 Å². The molecule has 1 aromatic carbocycles. The van der Waals surface area contributed by atoms with Crippen LogP contribution in [-0.2, 0) is 4.74 Å². The van der Waals surface area contributed by atoms with Gasteiger partial charge < -0.3 is 20.3 Å². The van der Waals surface area contributed by atoms with Crippen molar-refractivity contribution in [2.24, 2.45) is 10.9 Å². The lowest BCUT2D eigenvalue weighted by Crippen LogP contribution is -2.53. The summed E-state index contributed by atoms with van der Waals surface area (Å²) >= 11 is 0. The summed E-state index contributed by atoms with van der Waals surface area (Å²) in [7, 11) is 6.08. The first kappa shape index (κ1) is 26.1. The maximum Gasteiger partial charge on any atom is 0.191 e. The van der Waals surface area contributed by atoms with Crippen LogP contribution in [0.25, 0.3) is 0 Å². The fourth-order valence-electron chi connectivity index (χ4n) is 3.70. The van der Waals surface area contributed by atoms with Crippen molar-refractivity contribution < 1.29 is 4.74 Å². The highest BCUT2D eigenvalue weighted by molar-refractivity contribution is 14.0. The summed E-state index contributed by atoms with van der Waals surface area (Å²) in [5, 5.41) is 7.06. The number of likely N-dealkylation sites (N-methyl/N-ethyl adjacent to an activating group) is 1. The molecule has 0 bridgehead atoms. The first-order valence-electron chi connectivity index (χ1n) is 10.4. The third kappa shape index (κ3) is 8.39. The molecule has 7 heteroatoms. The maximum atomic E-state index is 5.51. The number of aliphatic imine (C=N–C) groups is 1. The normalized spacial score (nSPS) is 17.7. The lowest BCUT2D eigenvalue weighted by Gasteiger charge is -2.37. The number of morpholine rings is 1. The first-order valence-corrected chi connectivity index (χ1v) is 10.4. The van der Waals surface area contributed by atoms with Gasteiger partial charge >= 0.3 is 0 Å². The second-order valence-corrected chi connectivity index (χ2v) is 8.18. The minimum Gasteiger partial charge on any atom is -0.379 e. The molecule has 1 heterocycles. The van der Waals surface area contributed by atoms with Crippen LogP contribution in [0.1, 0.15) is 31.0 Å². The van der Waals surface area contributed by atoms with E-state index in [1.807, 2.05) is 7.05 Å². The number of aryl methyl sites for hydroxylation is 1. The standard InChI is InChI=1S/C22H39N5O.HI/c1-17(2)20(27-11-13-28-14-12-27)15-24-22(23-4)25-16-21(26(5)6)19-9-7-18(3)8-10-19;/h7-10,17,20-21H,11-16H2,1-6H3,(H2,23,24,25);1H. The van der Waals surface area contributed by atoms with Crippen LogP contribution in [0.15, 0.2) is 29.3 Å². The molecule has 0 aromatic heterocycles. The number of hydrogen-bond donors (Lipinski definition) is 2. The van der Waals surface area contributed by atoms with Gasteiger partial charge in [0.15, 0.2) is 5.96 Å². The highest BCUT2D eigenvalue weighted by atomic mass is 127. The molecule has 2 rings (SSSR count). The Balaban J connectivity index is 0.00000420. The van der Waals surface area contributed by atoms with E-state index in [2.05, 4.69) is 84.6 Å². The second kappa shape index (κ2) is 13.4. The van der Waals surface area contributed by atoms with Crippen LogP contribution in [0.2, 0.25) is 0 Å². The Kier molecular flexibility index (Phi) is 12.1. The Morgan fingerprint density at radius 2 is 1.69 bits per heavy atom. The van der Waals surface area contributed by atoms with Crippen LogP contribution in [0, 0.1) is 12.8 Å². The quantitative estimate of drug-likeness (QED) is 0.316. The van der Waals surface area contributed by atoms with Gasteiger partial charge in [0.2, 0.25) is 0 Å². The molecule has 1 aliphatic heterocycles. The zero-order valence-electron chi connectivity index (χ0n) is 18.9. The van der Waals surface area contributed by atoms with Crippen molar-refractivity contribution >= 4 is 29.9 Å². The summed E-state index contributed by atoms with van der Waals surface area (Å²) in [6.45, 7) is 12.1. The maximum absolute atomic E-state index is 5.51. The van der Waals surface area contributed by atoms with Crippen LogP contribution in [0.4, 0.5) is 0 Å². The highest BCUT2D eigenvalue weighted by Gasteiger charge is 2.24. The van der Waals surface area contributed by atoms with E-state index in [1.165, 1.54) is 11.1 Å². The summed E-state index contributed by atoms with van der Waals surface area (Å²) in [6.07, 6.45) is 0. The molecule has 0 aliphatic carbocycles. The van der Waals surface area contributed by atoms with Gasteiger partial charge in [-0.2, -0.15) is 0 Å². The number of nitrogens with zero attached hydrogens (tertiary/aromatic N) is 3. The molecule has 1 saturated heterocycles. The number of halogens is 1. The predicted molar refractivity (Wildman–Crippen MR) is 133 cm³/mol. The highest BCUT2D eigenvalue weighted by Crippen LogP contribution is 2.18. The minimum atomic E-state index is 0. The van der Waals surface area contributed by atoms with Crippen molar-refractivity contribution in [1.82, 2.24) is 20.4 Å². The molecule has 1 aromatic rings. The molecule has 0 spiro atoms. The van der Waals surface area contributed by atoms with E-state index < -0.39 is 0 Å². The van der Waals surface area contributed by atoms with E-state index in [0.717, 1.165) is 45.4 Å². The molecule has 1 aliphatic rings. The van der Waals surface area contributed by atoms with Crippen molar-refractivity contribution in [3.05, 3.63) is 35.4 Å². The lowest BCUT2D eigenvalue weighted by molar-refractivity contribution is 0.00752. The van der Waals surface area contributed by atoms with Gasteiger partial charge in [-0.3, -0.25) is 9.89 Å². The van der Waals surface area contributed by atoms with Gasteiger partial charge in [-0.05, 0) is 32.5 Å². The summed E-state index contributed by atoms with van der Waals surface area (Å²) in [5.41, 5.74) is 2.60. The molecule has 2 N–H and O–H groups in total. The molecule has 0 radical (unpaired) electrons. The smallest absolute Gasteiger partial charge is 0.191 e. The van der Waals surface area contributed by atoms with Crippen LogP contribution in [0.5, 0.6) is 0 Å². The van der Waals surface area contributed by atoms with Gasteiger partial charge in [0.05, 0.1) is 19.3 Å². The Morgan fingerprint density at radius 3 is 2.21 bits per heavy atom. The summed E-state index contributed by atoms with van der Waals surface area (Å²) in [5.74, 6) is 1.43. The van der Waals surface area contributed by atoms with Crippen LogP contribution in [0.3, 0.4) is 0 Å². The van der Waals surface area contributed by atoms with Crippen LogP contribution >= 0.6 is 24.0 Å². The predicted octanol–water partition coefficient (Wildman–Crippen LogP) is 2.74. The molecule has 6 nitrogen and oxygen atoms in total. The summed E-state index contributed by atoms with van der Waals surface area (Å²) in [4.78, 5) is 9.21. The van der Waals surface area contributed by atoms with Crippen molar-refractivity contribution in [3.8, 4) is 0 Å². The molecular formula is C22H40IN5O. The average Bonchev–Trinajstić information content (AvgIpc) is 2.68. The number of benzene rings is 1. The monoisotopic (exact) mass is 517 g/mol. The first-order chi connectivity index (χ1) is 13.4. The Labute approximate surface area is 194 Å². The average molecular weight is 518 g/mol. The van der Waals surface area contributed by atoms with E-state index in [-0.39, 0.29) is 24.0 Å². The number of ether oxygens (including phenoxy) is 1. The molecule has 166 valence electrons. The summed E-state index contributed by atoms with van der Waals surface area (Å²) < 4.78 is 5.51. The van der Waals surface area contributed by atoms with Crippen molar-refractivity contribution in [2.75, 3.05) is 60.5 Å². The van der Waals surface area contributed by atoms with Gasteiger partial charge in [-0.1, -0.05) is 43.7 Å². The lowest BCUT2D eigenvalue weighted by atomic mass is 10.0. The van der Waals surface area contributed by atoms with Crippen molar-refractivity contribution in [2.45, 2.75) is 32.9 Å². The molecule has 0 amide bonds. The molecule has 0 saturated carbocycles.